The van der Waals surface area contributed by atoms with Crippen LogP contribution in [0.2, 0.25) is 10.0 Å². The SMILES string of the molecule is CC(OC(=O)CNS(=O)(=O)c1ccc(Cl)c(Cl)c1)C(=O)NC(=O)NC1CCCCC1. The van der Waals surface area contributed by atoms with Crippen LogP contribution in [-0.4, -0.2) is 45.0 Å². The molecule has 0 spiro atoms. The molecule has 1 saturated carbocycles. The first-order valence-electron chi connectivity index (χ1n) is 9.34. The normalized spacial score (nSPS) is 15.8. The maximum absolute atomic E-state index is 12.2. The van der Waals surface area contributed by atoms with Gasteiger partial charge in [-0.2, -0.15) is 4.72 Å². The molecule has 1 aliphatic carbocycles. The molecule has 3 amide bonds. The van der Waals surface area contributed by atoms with Crippen LogP contribution >= 0.6 is 23.2 Å². The number of rotatable bonds is 7. The van der Waals surface area contributed by atoms with E-state index in [4.69, 9.17) is 27.9 Å². The standard InChI is InChI=1S/C18H23Cl2N3O6S/c1-11(17(25)23-18(26)22-12-5-3-2-4-6-12)29-16(24)10-21-30(27,28)13-7-8-14(19)15(20)9-13/h7-9,11-12,21H,2-6,10H2,1H3,(H2,22,23,25,26). The maximum Gasteiger partial charge on any atom is 0.321 e. The molecule has 0 heterocycles. The van der Waals surface area contributed by atoms with Crippen LogP contribution in [0.25, 0.3) is 0 Å². The summed E-state index contributed by atoms with van der Waals surface area (Å²) in [4.78, 5) is 35.6. The number of nitrogens with one attached hydrogen (secondary N) is 3. The third kappa shape index (κ3) is 7.42. The van der Waals surface area contributed by atoms with Crippen molar-refractivity contribution in [3.05, 3.63) is 28.2 Å². The molecule has 0 saturated heterocycles. The summed E-state index contributed by atoms with van der Waals surface area (Å²) in [6.07, 6.45) is 3.58. The zero-order valence-electron chi connectivity index (χ0n) is 16.2. The van der Waals surface area contributed by atoms with E-state index in [1.807, 2.05) is 4.72 Å². The predicted octanol–water partition coefficient (Wildman–Crippen LogP) is 2.36. The van der Waals surface area contributed by atoms with E-state index in [-0.39, 0.29) is 21.0 Å². The average molecular weight is 480 g/mol. The van der Waals surface area contributed by atoms with Crippen molar-refractivity contribution >= 4 is 51.1 Å². The lowest BCUT2D eigenvalue weighted by Crippen LogP contribution is -2.48. The monoisotopic (exact) mass is 479 g/mol. The minimum Gasteiger partial charge on any atom is -0.452 e. The Morgan fingerprint density at radius 1 is 1.13 bits per heavy atom. The Balaban J connectivity index is 1.79. The first-order chi connectivity index (χ1) is 14.1. The van der Waals surface area contributed by atoms with Crippen LogP contribution in [0.5, 0.6) is 0 Å². The fourth-order valence-electron chi connectivity index (χ4n) is 2.86. The molecule has 9 nitrogen and oxygen atoms in total. The summed E-state index contributed by atoms with van der Waals surface area (Å²) in [6.45, 7) is 0.559. The summed E-state index contributed by atoms with van der Waals surface area (Å²) >= 11 is 11.5. The molecule has 1 aliphatic rings. The maximum atomic E-state index is 12.2. The second kappa shape index (κ2) is 10.9. The molecule has 12 heteroatoms. The highest BCUT2D eigenvalue weighted by Crippen LogP contribution is 2.24. The van der Waals surface area contributed by atoms with Crippen molar-refractivity contribution in [3.8, 4) is 0 Å². The van der Waals surface area contributed by atoms with Gasteiger partial charge < -0.3 is 10.1 Å². The van der Waals surface area contributed by atoms with E-state index in [0.717, 1.165) is 38.2 Å². The second-order valence-electron chi connectivity index (χ2n) is 6.83. The van der Waals surface area contributed by atoms with Gasteiger partial charge in [0, 0.05) is 6.04 Å². The van der Waals surface area contributed by atoms with Crippen molar-refractivity contribution in [2.24, 2.45) is 0 Å². The summed E-state index contributed by atoms with van der Waals surface area (Å²) in [6, 6.07) is 3.03. The lowest BCUT2D eigenvalue weighted by atomic mass is 9.96. The van der Waals surface area contributed by atoms with E-state index >= 15 is 0 Å². The number of sulfonamides is 1. The highest BCUT2D eigenvalue weighted by atomic mass is 35.5. The highest BCUT2D eigenvalue weighted by molar-refractivity contribution is 7.89. The number of halogens is 2. The largest absolute Gasteiger partial charge is 0.452 e. The quantitative estimate of drug-likeness (QED) is 0.514. The van der Waals surface area contributed by atoms with Crippen molar-refractivity contribution in [2.75, 3.05) is 6.54 Å². The van der Waals surface area contributed by atoms with Gasteiger partial charge in [-0.1, -0.05) is 42.5 Å². The molecule has 1 fully saturated rings. The molecule has 1 aromatic rings. The second-order valence-corrected chi connectivity index (χ2v) is 9.41. The first-order valence-corrected chi connectivity index (χ1v) is 11.6. The van der Waals surface area contributed by atoms with Crippen LogP contribution in [0.3, 0.4) is 0 Å². The average Bonchev–Trinajstić information content (AvgIpc) is 2.69. The van der Waals surface area contributed by atoms with Gasteiger partial charge in [0.1, 0.15) is 6.54 Å². The molecule has 0 bridgehead atoms. The lowest BCUT2D eigenvalue weighted by Gasteiger charge is -2.23. The van der Waals surface area contributed by atoms with Gasteiger partial charge in [0.25, 0.3) is 5.91 Å². The minimum absolute atomic E-state index is 0.0141. The number of amides is 3. The molecule has 0 aliphatic heterocycles. The number of carbonyl (C=O) groups is 3. The predicted molar refractivity (Wildman–Crippen MR) is 111 cm³/mol. The van der Waals surface area contributed by atoms with E-state index < -0.39 is 40.6 Å². The molecule has 1 atom stereocenters. The summed E-state index contributed by atoms with van der Waals surface area (Å²) in [5, 5.41) is 5.04. The zero-order chi connectivity index (χ0) is 22.3. The Labute approximate surface area is 184 Å². The van der Waals surface area contributed by atoms with E-state index in [1.54, 1.807) is 0 Å². The zero-order valence-corrected chi connectivity index (χ0v) is 18.6. The van der Waals surface area contributed by atoms with Gasteiger partial charge in [0.05, 0.1) is 14.9 Å². The Kier molecular flexibility index (Phi) is 8.90. The van der Waals surface area contributed by atoms with Crippen LogP contribution in [0.15, 0.2) is 23.1 Å². The lowest BCUT2D eigenvalue weighted by molar-refractivity contribution is -0.153. The summed E-state index contributed by atoms with van der Waals surface area (Å²) in [7, 11) is -4.04. The number of carbonyl (C=O) groups excluding carboxylic acids is 3. The van der Waals surface area contributed by atoms with E-state index in [0.29, 0.717) is 0 Å². The summed E-state index contributed by atoms with van der Waals surface area (Å²) in [5.41, 5.74) is 0. The topological polar surface area (TPSA) is 131 Å². The van der Waals surface area contributed by atoms with Crippen molar-refractivity contribution in [2.45, 2.75) is 56.1 Å². The molecule has 1 unspecified atom stereocenters. The van der Waals surface area contributed by atoms with Gasteiger partial charge >= 0.3 is 12.0 Å². The Morgan fingerprint density at radius 3 is 2.43 bits per heavy atom. The van der Waals surface area contributed by atoms with Crippen molar-refractivity contribution in [1.29, 1.82) is 0 Å². The molecule has 166 valence electrons. The summed E-state index contributed by atoms with van der Waals surface area (Å²) < 4.78 is 31.3. The first kappa shape index (κ1) is 24.4. The highest BCUT2D eigenvalue weighted by Gasteiger charge is 2.23. The van der Waals surface area contributed by atoms with Crippen LogP contribution < -0.4 is 15.4 Å². The van der Waals surface area contributed by atoms with E-state index in [1.165, 1.54) is 19.1 Å². The number of ether oxygens (including phenoxy) is 1. The van der Waals surface area contributed by atoms with Crippen LogP contribution in [0, 0.1) is 0 Å². The third-order valence-corrected chi connectivity index (χ3v) is 6.60. The van der Waals surface area contributed by atoms with Crippen molar-refractivity contribution < 1.29 is 27.5 Å². The molecule has 2 rings (SSSR count). The number of benzene rings is 1. The van der Waals surface area contributed by atoms with Gasteiger partial charge in [-0.05, 0) is 38.0 Å². The number of imide groups is 1. The number of urea groups is 1. The Hall–Kier alpha value is -1.88. The number of hydrogen-bond acceptors (Lipinski definition) is 6. The Morgan fingerprint density at radius 2 is 1.80 bits per heavy atom. The molecule has 0 radical (unpaired) electrons. The molecule has 0 aromatic heterocycles. The fourth-order valence-corrected chi connectivity index (χ4v) is 4.21. The van der Waals surface area contributed by atoms with Crippen molar-refractivity contribution in [3.63, 3.8) is 0 Å². The minimum atomic E-state index is -4.04. The van der Waals surface area contributed by atoms with Crippen molar-refractivity contribution in [1.82, 2.24) is 15.4 Å². The molecule has 1 aromatic carbocycles. The summed E-state index contributed by atoms with van der Waals surface area (Å²) in [5.74, 6) is -1.81. The third-order valence-electron chi connectivity index (χ3n) is 4.46. The van der Waals surface area contributed by atoms with Gasteiger partial charge in [-0.15, -0.1) is 0 Å². The fraction of sp³-hybridized carbons (Fsp3) is 0.500. The smallest absolute Gasteiger partial charge is 0.321 e. The van der Waals surface area contributed by atoms with E-state index in [9.17, 15) is 22.8 Å². The number of hydrogen-bond donors (Lipinski definition) is 3. The van der Waals surface area contributed by atoms with Gasteiger partial charge in [0.15, 0.2) is 6.10 Å². The van der Waals surface area contributed by atoms with Crippen LogP contribution in [0.4, 0.5) is 4.79 Å². The molecular weight excluding hydrogens is 457 g/mol. The van der Waals surface area contributed by atoms with Gasteiger partial charge in [-0.3, -0.25) is 14.9 Å². The Bertz CT molecular complexity index is 903. The molecule has 30 heavy (non-hydrogen) atoms. The molecule has 3 N–H and O–H groups in total. The van der Waals surface area contributed by atoms with Crippen LogP contribution in [-0.2, 0) is 24.3 Å². The number of esters is 1. The molecular formula is C18H23Cl2N3O6S. The van der Waals surface area contributed by atoms with Crippen LogP contribution in [0.1, 0.15) is 39.0 Å². The van der Waals surface area contributed by atoms with Gasteiger partial charge in [0.2, 0.25) is 10.0 Å². The van der Waals surface area contributed by atoms with E-state index in [2.05, 4.69) is 10.6 Å². The van der Waals surface area contributed by atoms with Gasteiger partial charge in [-0.25, -0.2) is 13.2 Å².